The second-order valence-electron chi connectivity index (χ2n) is 4.15. The van der Waals surface area contributed by atoms with Gasteiger partial charge in [-0.25, -0.2) is 0 Å². The lowest BCUT2D eigenvalue weighted by Gasteiger charge is -2.11. The average Bonchev–Trinajstić information content (AvgIpc) is 2.95. The van der Waals surface area contributed by atoms with Gasteiger partial charge in [0.25, 0.3) is 0 Å². The van der Waals surface area contributed by atoms with Gasteiger partial charge in [-0.3, -0.25) is 9.48 Å². The van der Waals surface area contributed by atoms with Crippen LogP contribution >= 0.6 is 15.9 Å². The molecule has 0 saturated heterocycles. The van der Waals surface area contributed by atoms with E-state index in [2.05, 4.69) is 26.2 Å². The molecule has 112 valence electrons. The Morgan fingerprint density at radius 2 is 2.14 bits per heavy atom. The first kappa shape index (κ1) is 15.5. The smallest absolute Gasteiger partial charge is 0.218 e. The van der Waals surface area contributed by atoms with E-state index < -0.39 is 0 Å². The van der Waals surface area contributed by atoms with Crippen molar-refractivity contribution >= 4 is 21.7 Å². The van der Waals surface area contributed by atoms with Crippen LogP contribution in [-0.2, 0) is 6.54 Å². The average molecular weight is 355 g/mol. The molecule has 0 saturated carbocycles. The van der Waals surface area contributed by atoms with Gasteiger partial charge in [0.15, 0.2) is 5.69 Å². The number of ketones is 1. The minimum absolute atomic E-state index is 0.235. The quantitative estimate of drug-likeness (QED) is 0.784. The number of aromatic nitrogens is 3. The molecule has 0 aliphatic rings. The summed E-state index contributed by atoms with van der Waals surface area (Å²) >= 11 is 3.36. The second kappa shape index (κ2) is 6.68. The van der Waals surface area contributed by atoms with E-state index in [4.69, 9.17) is 15.2 Å². The lowest BCUT2D eigenvalue weighted by molar-refractivity contribution is 0.103. The van der Waals surface area contributed by atoms with Crippen LogP contribution in [0.15, 0.2) is 22.8 Å². The summed E-state index contributed by atoms with van der Waals surface area (Å²) in [5, 5.41) is 7.72. The molecule has 2 N–H and O–H groups in total. The van der Waals surface area contributed by atoms with Gasteiger partial charge in [0.2, 0.25) is 5.78 Å². The highest BCUT2D eigenvalue weighted by molar-refractivity contribution is 9.10. The van der Waals surface area contributed by atoms with Gasteiger partial charge in [-0.2, -0.15) is 0 Å². The van der Waals surface area contributed by atoms with Crippen LogP contribution in [0.25, 0.3) is 0 Å². The Morgan fingerprint density at radius 3 is 2.76 bits per heavy atom. The predicted molar refractivity (Wildman–Crippen MR) is 79.8 cm³/mol. The Morgan fingerprint density at radius 1 is 1.38 bits per heavy atom. The Hall–Kier alpha value is -1.93. The third-order valence-electron chi connectivity index (χ3n) is 2.86. The molecule has 7 nitrogen and oxygen atoms in total. The van der Waals surface area contributed by atoms with Crippen molar-refractivity contribution in [3.8, 4) is 11.5 Å². The summed E-state index contributed by atoms with van der Waals surface area (Å²) in [5.41, 5.74) is 6.06. The Bertz CT molecular complexity index is 657. The third-order valence-corrected chi connectivity index (χ3v) is 3.61. The molecule has 0 aliphatic heterocycles. The minimum Gasteiger partial charge on any atom is -0.495 e. The van der Waals surface area contributed by atoms with E-state index in [1.165, 1.54) is 11.8 Å². The van der Waals surface area contributed by atoms with Crippen molar-refractivity contribution in [3.05, 3.63) is 34.1 Å². The molecular formula is C13H15BrN4O3. The van der Waals surface area contributed by atoms with Crippen LogP contribution in [0.4, 0.5) is 0 Å². The number of methoxy groups -OCH3 is 2. The van der Waals surface area contributed by atoms with Gasteiger partial charge in [0.1, 0.15) is 16.0 Å². The van der Waals surface area contributed by atoms with Crippen LogP contribution in [0, 0.1) is 0 Å². The van der Waals surface area contributed by atoms with Crippen molar-refractivity contribution < 1.29 is 14.3 Å². The molecule has 0 spiro atoms. The number of nitrogens with zero attached hydrogens (tertiary/aromatic N) is 3. The molecule has 0 unspecified atom stereocenters. The molecule has 1 heterocycles. The standard InChI is InChI=1S/C13H15BrN4O3/c1-20-10-4-3-8(13(21-2)11(10)14)12(19)9-7-18(6-5-15)17-16-9/h3-4,7H,5-6,15H2,1-2H3. The molecule has 21 heavy (non-hydrogen) atoms. The van der Waals surface area contributed by atoms with E-state index in [0.717, 1.165) is 0 Å². The number of hydrogen-bond acceptors (Lipinski definition) is 6. The second-order valence-corrected chi connectivity index (χ2v) is 4.94. The van der Waals surface area contributed by atoms with Crippen molar-refractivity contribution in [1.29, 1.82) is 0 Å². The van der Waals surface area contributed by atoms with Crippen LogP contribution in [0.1, 0.15) is 16.1 Å². The van der Waals surface area contributed by atoms with Gasteiger partial charge in [-0.05, 0) is 28.1 Å². The van der Waals surface area contributed by atoms with E-state index in [9.17, 15) is 4.79 Å². The lowest BCUT2D eigenvalue weighted by atomic mass is 10.1. The number of benzene rings is 1. The first-order valence-electron chi connectivity index (χ1n) is 6.17. The molecule has 2 rings (SSSR count). The van der Waals surface area contributed by atoms with Gasteiger partial charge >= 0.3 is 0 Å². The van der Waals surface area contributed by atoms with E-state index in [1.54, 1.807) is 25.4 Å². The maximum absolute atomic E-state index is 12.5. The van der Waals surface area contributed by atoms with Crippen molar-refractivity contribution in [1.82, 2.24) is 15.0 Å². The molecule has 1 aromatic heterocycles. The van der Waals surface area contributed by atoms with Gasteiger partial charge in [0.05, 0.1) is 32.5 Å². The lowest BCUT2D eigenvalue weighted by Crippen LogP contribution is -2.10. The molecular weight excluding hydrogens is 340 g/mol. The number of halogens is 1. The number of rotatable bonds is 6. The first-order valence-corrected chi connectivity index (χ1v) is 6.97. The van der Waals surface area contributed by atoms with Crippen molar-refractivity contribution in [2.45, 2.75) is 6.54 Å². The Balaban J connectivity index is 2.40. The number of carbonyl (C=O) groups is 1. The molecule has 1 aromatic carbocycles. The number of carbonyl (C=O) groups excluding carboxylic acids is 1. The van der Waals surface area contributed by atoms with Gasteiger partial charge in [0, 0.05) is 6.54 Å². The zero-order chi connectivity index (χ0) is 15.4. The third kappa shape index (κ3) is 3.06. The van der Waals surface area contributed by atoms with E-state index >= 15 is 0 Å². The molecule has 0 bridgehead atoms. The predicted octanol–water partition coefficient (Wildman–Crippen LogP) is 1.25. The SMILES string of the molecule is COc1ccc(C(=O)c2cn(CCN)nn2)c(OC)c1Br. The minimum atomic E-state index is -0.279. The Kier molecular flexibility index (Phi) is 4.92. The van der Waals surface area contributed by atoms with Gasteiger partial charge in [-0.1, -0.05) is 5.21 Å². The highest BCUT2D eigenvalue weighted by Crippen LogP contribution is 2.37. The number of hydrogen-bond donors (Lipinski definition) is 1. The summed E-state index contributed by atoms with van der Waals surface area (Å²) in [6.45, 7) is 0.929. The molecule has 0 aliphatic carbocycles. The van der Waals surface area contributed by atoms with E-state index in [-0.39, 0.29) is 11.5 Å². The van der Waals surface area contributed by atoms with Crippen LogP contribution < -0.4 is 15.2 Å². The van der Waals surface area contributed by atoms with Crippen LogP contribution in [-0.4, -0.2) is 41.5 Å². The number of nitrogens with two attached hydrogens (primary N) is 1. The van der Waals surface area contributed by atoms with Gasteiger partial charge < -0.3 is 15.2 Å². The molecule has 0 atom stereocenters. The molecule has 2 aromatic rings. The first-order chi connectivity index (χ1) is 10.1. The highest BCUT2D eigenvalue weighted by Gasteiger charge is 2.21. The normalized spacial score (nSPS) is 10.5. The molecule has 0 radical (unpaired) electrons. The molecule has 8 heteroatoms. The fraction of sp³-hybridized carbons (Fsp3) is 0.308. The highest BCUT2D eigenvalue weighted by atomic mass is 79.9. The van der Waals surface area contributed by atoms with Crippen LogP contribution in [0.3, 0.4) is 0 Å². The summed E-state index contributed by atoms with van der Waals surface area (Å²) in [6.07, 6.45) is 1.56. The zero-order valence-corrected chi connectivity index (χ0v) is 13.3. The largest absolute Gasteiger partial charge is 0.495 e. The van der Waals surface area contributed by atoms with Crippen molar-refractivity contribution in [2.24, 2.45) is 5.73 Å². The van der Waals surface area contributed by atoms with Crippen molar-refractivity contribution in [2.75, 3.05) is 20.8 Å². The molecule has 0 fully saturated rings. The van der Waals surface area contributed by atoms with Crippen molar-refractivity contribution in [3.63, 3.8) is 0 Å². The number of ether oxygens (including phenoxy) is 2. The summed E-state index contributed by atoms with van der Waals surface area (Å²) in [7, 11) is 3.03. The Labute approximate surface area is 130 Å². The maximum Gasteiger partial charge on any atom is 0.218 e. The topological polar surface area (TPSA) is 92.3 Å². The fourth-order valence-corrected chi connectivity index (χ4v) is 2.53. The monoisotopic (exact) mass is 354 g/mol. The summed E-state index contributed by atoms with van der Waals surface area (Å²) in [5.74, 6) is 0.696. The summed E-state index contributed by atoms with van der Waals surface area (Å²) in [6, 6.07) is 3.32. The van der Waals surface area contributed by atoms with Crippen LogP contribution in [0.5, 0.6) is 11.5 Å². The van der Waals surface area contributed by atoms with Crippen LogP contribution in [0.2, 0.25) is 0 Å². The summed E-state index contributed by atoms with van der Waals surface area (Å²) < 4.78 is 12.6. The zero-order valence-electron chi connectivity index (χ0n) is 11.7. The summed E-state index contributed by atoms with van der Waals surface area (Å²) in [4.78, 5) is 12.5. The fourth-order valence-electron chi connectivity index (χ4n) is 1.86. The van der Waals surface area contributed by atoms with Gasteiger partial charge in [-0.15, -0.1) is 5.10 Å². The van der Waals surface area contributed by atoms with E-state index in [1.807, 2.05) is 0 Å². The van der Waals surface area contributed by atoms with E-state index in [0.29, 0.717) is 34.6 Å². The maximum atomic E-state index is 12.5. The molecule has 0 amide bonds.